The number of anilines is 1. The van der Waals surface area contributed by atoms with E-state index in [-0.39, 0.29) is 18.4 Å². The fourth-order valence-corrected chi connectivity index (χ4v) is 4.12. The van der Waals surface area contributed by atoms with Gasteiger partial charge < -0.3 is 10.6 Å². The molecule has 2 amide bonds. The summed E-state index contributed by atoms with van der Waals surface area (Å²) in [6.45, 7) is 1.84. The molecule has 0 aliphatic rings. The Bertz CT molecular complexity index is 916. The van der Waals surface area contributed by atoms with Crippen LogP contribution in [0, 0.1) is 6.92 Å². The highest BCUT2D eigenvalue weighted by molar-refractivity contribution is 7.98. The van der Waals surface area contributed by atoms with Crippen molar-refractivity contribution < 1.29 is 9.59 Å². The highest BCUT2D eigenvalue weighted by atomic mass is 32.2. The van der Waals surface area contributed by atoms with Gasteiger partial charge in [0, 0.05) is 20.7 Å². The molecule has 2 N–H and O–H groups in total. The first-order valence-corrected chi connectivity index (χ1v) is 10.7. The first-order chi connectivity index (χ1) is 12.5. The van der Waals surface area contributed by atoms with E-state index in [9.17, 15) is 9.59 Å². The van der Waals surface area contributed by atoms with Gasteiger partial charge in [0.2, 0.25) is 5.91 Å². The molecule has 0 aliphatic carbocycles. The van der Waals surface area contributed by atoms with Crippen LogP contribution in [0.2, 0.25) is 0 Å². The van der Waals surface area contributed by atoms with Crippen molar-refractivity contribution in [3.05, 3.63) is 51.5 Å². The van der Waals surface area contributed by atoms with Crippen molar-refractivity contribution in [2.75, 3.05) is 18.1 Å². The Hall–Kier alpha value is -2.16. The van der Waals surface area contributed by atoms with E-state index < -0.39 is 0 Å². The van der Waals surface area contributed by atoms with Crippen LogP contribution in [0.3, 0.4) is 0 Å². The first kappa shape index (κ1) is 18.6. The summed E-state index contributed by atoms with van der Waals surface area (Å²) in [6.07, 6.45) is 2.03. The highest BCUT2D eigenvalue weighted by Crippen LogP contribution is 2.26. The van der Waals surface area contributed by atoms with Crippen molar-refractivity contribution in [1.29, 1.82) is 0 Å². The second-order valence-electron chi connectivity index (χ2n) is 5.41. The van der Waals surface area contributed by atoms with Crippen molar-refractivity contribution in [1.82, 2.24) is 10.3 Å². The number of benzene rings is 1. The SMILES string of the molecule is CSc1ccc(-c2csc(NC(=O)CNC(=O)c3ccc(C)s3)n2)cc1. The molecule has 0 fully saturated rings. The number of nitrogens with one attached hydrogen (secondary N) is 2. The van der Waals surface area contributed by atoms with Crippen LogP contribution in [0.5, 0.6) is 0 Å². The number of carbonyl (C=O) groups excluding carboxylic acids is 2. The molecule has 2 heterocycles. The number of rotatable bonds is 6. The zero-order valence-electron chi connectivity index (χ0n) is 14.2. The summed E-state index contributed by atoms with van der Waals surface area (Å²) in [5.41, 5.74) is 1.82. The van der Waals surface area contributed by atoms with Crippen LogP contribution in [0.1, 0.15) is 14.5 Å². The quantitative estimate of drug-likeness (QED) is 0.603. The van der Waals surface area contributed by atoms with E-state index >= 15 is 0 Å². The number of aryl methyl sites for hydroxylation is 1. The number of thiazole rings is 1. The van der Waals surface area contributed by atoms with Gasteiger partial charge in [-0.2, -0.15) is 0 Å². The van der Waals surface area contributed by atoms with Crippen molar-refractivity contribution in [3.8, 4) is 11.3 Å². The Morgan fingerprint density at radius 3 is 2.58 bits per heavy atom. The lowest BCUT2D eigenvalue weighted by Gasteiger charge is -2.03. The third-order valence-corrected chi connectivity index (χ3v) is 6.01. The normalized spacial score (nSPS) is 10.5. The third-order valence-electron chi connectivity index (χ3n) is 3.51. The molecule has 0 saturated heterocycles. The number of aromatic nitrogens is 1. The van der Waals surface area contributed by atoms with Gasteiger partial charge in [-0.3, -0.25) is 9.59 Å². The molecule has 0 unspecified atom stereocenters. The monoisotopic (exact) mass is 403 g/mol. The van der Waals surface area contributed by atoms with E-state index in [4.69, 9.17) is 0 Å². The number of hydrogen-bond donors (Lipinski definition) is 2. The molecule has 26 heavy (non-hydrogen) atoms. The molecule has 2 aromatic heterocycles. The molecule has 5 nitrogen and oxygen atoms in total. The van der Waals surface area contributed by atoms with Crippen molar-refractivity contribution in [2.24, 2.45) is 0 Å². The highest BCUT2D eigenvalue weighted by Gasteiger charge is 2.12. The van der Waals surface area contributed by atoms with Gasteiger partial charge in [0.05, 0.1) is 17.1 Å². The topological polar surface area (TPSA) is 71.1 Å². The summed E-state index contributed by atoms with van der Waals surface area (Å²) in [5.74, 6) is -0.544. The van der Waals surface area contributed by atoms with Crippen LogP contribution in [0.4, 0.5) is 5.13 Å². The molecule has 0 aliphatic heterocycles. The van der Waals surface area contributed by atoms with Gasteiger partial charge >= 0.3 is 0 Å². The fraction of sp³-hybridized carbons (Fsp3) is 0.167. The second-order valence-corrected chi connectivity index (χ2v) is 8.43. The summed E-state index contributed by atoms with van der Waals surface area (Å²) in [4.78, 5) is 31.3. The summed E-state index contributed by atoms with van der Waals surface area (Å²) >= 11 is 4.44. The van der Waals surface area contributed by atoms with Crippen molar-refractivity contribution in [3.63, 3.8) is 0 Å². The minimum atomic E-state index is -0.301. The predicted molar refractivity (Wildman–Crippen MR) is 109 cm³/mol. The van der Waals surface area contributed by atoms with Crippen molar-refractivity contribution >= 4 is 51.4 Å². The smallest absolute Gasteiger partial charge is 0.261 e. The number of thiophene rings is 1. The van der Waals surface area contributed by atoms with E-state index in [1.807, 2.05) is 48.9 Å². The maximum atomic E-state index is 12.0. The molecule has 0 saturated carbocycles. The van der Waals surface area contributed by atoms with E-state index in [0.717, 1.165) is 16.1 Å². The largest absolute Gasteiger partial charge is 0.342 e. The predicted octanol–water partition coefficient (Wildman–Crippen LogP) is 4.27. The third kappa shape index (κ3) is 4.72. The van der Waals surface area contributed by atoms with Gasteiger partial charge in [-0.1, -0.05) is 12.1 Å². The lowest BCUT2D eigenvalue weighted by Crippen LogP contribution is -2.32. The Morgan fingerprint density at radius 2 is 1.92 bits per heavy atom. The fourth-order valence-electron chi connectivity index (χ4n) is 2.19. The zero-order valence-corrected chi connectivity index (χ0v) is 16.7. The summed E-state index contributed by atoms with van der Waals surface area (Å²) in [5, 5.41) is 7.75. The van der Waals surface area contributed by atoms with E-state index in [0.29, 0.717) is 10.0 Å². The number of nitrogens with zero attached hydrogens (tertiary/aromatic N) is 1. The molecular formula is C18H17N3O2S3. The van der Waals surface area contributed by atoms with Crippen LogP contribution in [-0.2, 0) is 4.79 Å². The van der Waals surface area contributed by atoms with E-state index in [2.05, 4.69) is 15.6 Å². The minimum absolute atomic E-state index is 0.0902. The number of thioether (sulfide) groups is 1. The Morgan fingerprint density at radius 1 is 1.15 bits per heavy atom. The molecular weight excluding hydrogens is 386 g/mol. The molecule has 0 atom stereocenters. The first-order valence-electron chi connectivity index (χ1n) is 7.79. The maximum absolute atomic E-state index is 12.0. The molecule has 3 rings (SSSR count). The Balaban J connectivity index is 1.54. The van der Waals surface area contributed by atoms with E-state index in [1.54, 1.807) is 17.8 Å². The van der Waals surface area contributed by atoms with Crippen LogP contribution < -0.4 is 10.6 Å². The van der Waals surface area contributed by atoms with Crippen LogP contribution >= 0.6 is 34.4 Å². The lowest BCUT2D eigenvalue weighted by molar-refractivity contribution is -0.115. The van der Waals surface area contributed by atoms with Gasteiger partial charge in [0.1, 0.15) is 0 Å². The average molecular weight is 404 g/mol. The average Bonchev–Trinajstić information content (AvgIpc) is 3.29. The van der Waals surface area contributed by atoms with Crippen LogP contribution in [-0.4, -0.2) is 29.6 Å². The minimum Gasteiger partial charge on any atom is -0.342 e. The van der Waals surface area contributed by atoms with Crippen molar-refractivity contribution in [2.45, 2.75) is 11.8 Å². The maximum Gasteiger partial charge on any atom is 0.261 e. The van der Waals surface area contributed by atoms with Crippen LogP contribution in [0.25, 0.3) is 11.3 Å². The van der Waals surface area contributed by atoms with Crippen LogP contribution in [0.15, 0.2) is 46.7 Å². The molecule has 0 bridgehead atoms. The summed E-state index contributed by atoms with van der Waals surface area (Å²) in [7, 11) is 0. The lowest BCUT2D eigenvalue weighted by atomic mass is 10.2. The molecule has 3 aromatic rings. The standard InChI is InChI=1S/C18H17N3O2S3/c1-11-3-8-15(26-11)17(23)19-9-16(22)21-18-20-14(10-25-18)12-4-6-13(24-2)7-5-12/h3-8,10H,9H2,1-2H3,(H,19,23)(H,20,21,22). The molecule has 1 aromatic carbocycles. The summed E-state index contributed by atoms with van der Waals surface area (Å²) < 4.78 is 0. The number of carbonyl (C=O) groups is 2. The molecule has 134 valence electrons. The summed E-state index contributed by atoms with van der Waals surface area (Å²) in [6, 6.07) is 11.7. The zero-order chi connectivity index (χ0) is 18.5. The number of hydrogen-bond acceptors (Lipinski definition) is 6. The molecule has 0 radical (unpaired) electrons. The molecule has 0 spiro atoms. The van der Waals surface area contributed by atoms with E-state index in [1.165, 1.54) is 27.6 Å². The van der Waals surface area contributed by atoms with Gasteiger partial charge in [-0.05, 0) is 37.4 Å². The van der Waals surface area contributed by atoms with Gasteiger partial charge in [0.25, 0.3) is 5.91 Å². The van der Waals surface area contributed by atoms with Gasteiger partial charge in [0.15, 0.2) is 5.13 Å². The number of amides is 2. The second kappa shape index (κ2) is 8.48. The van der Waals surface area contributed by atoms with Gasteiger partial charge in [-0.25, -0.2) is 4.98 Å². The van der Waals surface area contributed by atoms with Gasteiger partial charge in [-0.15, -0.1) is 34.4 Å². The molecule has 8 heteroatoms. The Kier molecular flexibility index (Phi) is 6.08. The Labute approximate surface area is 163 Å².